The van der Waals surface area contributed by atoms with Crippen molar-refractivity contribution in [1.29, 1.82) is 0 Å². The molecule has 1 N–H and O–H groups in total. The summed E-state index contributed by atoms with van der Waals surface area (Å²) < 4.78 is 5.30. The number of piperazine rings is 1. The van der Waals surface area contributed by atoms with Crippen molar-refractivity contribution in [2.45, 2.75) is 65.1 Å². The normalized spacial score (nSPS) is 22.1. The molecule has 1 fully saturated rings. The number of hydrogen-bond acceptors (Lipinski definition) is 6. The molecule has 1 aromatic rings. The number of nitrogens with zero attached hydrogens (tertiary/aromatic N) is 4. The van der Waals surface area contributed by atoms with Crippen molar-refractivity contribution in [2.75, 3.05) is 26.2 Å². The number of aryl methyl sites for hydroxylation is 1. The maximum absolute atomic E-state index is 9.60. The van der Waals surface area contributed by atoms with Gasteiger partial charge in [0.25, 0.3) is 0 Å². The van der Waals surface area contributed by atoms with E-state index in [-0.39, 0.29) is 6.10 Å². The summed E-state index contributed by atoms with van der Waals surface area (Å²) in [6.45, 7) is 10.7. The summed E-state index contributed by atoms with van der Waals surface area (Å²) in [5, 5.41) is 13.7. The van der Waals surface area contributed by atoms with Gasteiger partial charge in [-0.15, -0.1) is 0 Å². The highest BCUT2D eigenvalue weighted by molar-refractivity contribution is 4.89. The molecule has 126 valence electrons. The van der Waals surface area contributed by atoms with E-state index < -0.39 is 0 Å². The van der Waals surface area contributed by atoms with Crippen LogP contribution in [0.3, 0.4) is 0 Å². The van der Waals surface area contributed by atoms with Crippen LogP contribution < -0.4 is 0 Å². The zero-order valence-corrected chi connectivity index (χ0v) is 14.2. The van der Waals surface area contributed by atoms with Gasteiger partial charge in [0.05, 0.1) is 12.6 Å². The van der Waals surface area contributed by atoms with Crippen LogP contribution in [0.5, 0.6) is 0 Å². The van der Waals surface area contributed by atoms with E-state index >= 15 is 0 Å². The molecule has 0 aromatic carbocycles. The number of aliphatic hydroxyl groups excluding tert-OH is 1. The van der Waals surface area contributed by atoms with Gasteiger partial charge in [-0.3, -0.25) is 9.80 Å². The minimum atomic E-state index is -0.265. The first kappa shape index (κ1) is 17.4. The van der Waals surface area contributed by atoms with Gasteiger partial charge in [0, 0.05) is 38.6 Å². The molecular weight excluding hydrogens is 280 g/mol. The minimum Gasteiger partial charge on any atom is -0.392 e. The fraction of sp³-hybridized carbons (Fsp3) is 0.875. The second-order valence-corrected chi connectivity index (χ2v) is 6.35. The van der Waals surface area contributed by atoms with Crippen LogP contribution in [0.2, 0.25) is 0 Å². The summed E-state index contributed by atoms with van der Waals surface area (Å²) in [6.07, 6.45) is 3.94. The van der Waals surface area contributed by atoms with Gasteiger partial charge in [0.2, 0.25) is 5.89 Å². The molecule has 6 nitrogen and oxygen atoms in total. The highest BCUT2D eigenvalue weighted by Crippen LogP contribution is 2.15. The average Bonchev–Trinajstić information content (AvgIpc) is 2.93. The summed E-state index contributed by atoms with van der Waals surface area (Å²) in [7, 11) is 0. The second kappa shape index (κ2) is 8.60. The topological polar surface area (TPSA) is 65.6 Å². The van der Waals surface area contributed by atoms with E-state index in [2.05, 4.69) is 33.8 Å². The van der Waals surface area contributed by atoms with Gasteiger partial charge < -0.3 is 9.63 Å². The van der Waals surface area contributed by atoms with Crippen LogP contribution in [0.4, 0.5) is 0 Å². The lowest BCUT2D eigenvalue weighted by Crippen LogP contribution is -2.54. The molecule has 1 aliphatic rings. The van der Waals surface area contributed by atoms with Crippen molar-refractivity contribution in [2.24, 2.45) is 0 Å². The molecule has 0 bridgehead atoms. The molecule has 0 aliphatic carbocycles. The third kappa shape index (κ3) is 5.04. The van der Waals surface area contributed by atoms with E-state index in [0.717, 1.165) is 70.1 Å². The Kier molecular flexibility index (Phi) is 6.79. The van der Waals surface area contributed by atoms with Crippen molar-refractivity contribution in [3.8, 4) is 0 Å². The standard InChI is InChI=1S/C16H30N4O2/c1-4-6-7-16-17-15(18-22-16)12-19-8-9-20(10-13(3)21)14(5-2)11-19/h13-14,21H,4-12H2,1-3H3/t13-,14+/m0/s1. The van der Waals surface area contributed by atoms with E-state index in [1.54, 1.807) is 0 Å². The number of aliphatic hydroxyl groups is 1. The molecule has 0 amide bonds. The van der Waals surface area contributed by atoms with Gasteiger partial charge in [-0.2, -0.15) is 4.98 Å². The first-order chi connectivity index (χ1) is 10.6. The zero-order valence-electron chi connectivity index (χ0n) is 14.2. The molecule has 22 heavy (non-hydrogen) atoms. The average molecular weight is 310 g/mol. The van der Waals surface area contributed by atoms with Gasteiger partial charge in [-0.25, -0.2) is 0 Å². The molecule has 0 unspecified atom stereocenters. The Labute approximate surface area is 133 Å². The summed E-state index contributed by atoms with van der Waals surface area (Å²) in [5.74, 6) is 1.56. The molecular formula is C16H30N4O2. The van der Waals surface area contributed by atoms with Crippen LogP contribution in [0.25, 0.3) is 0 Å². The maximum Gasteiger partial charge on any atom is 0.226 e. The highest BCUT2D eigenvalue weighted by Gasteiger charge is 2.27. The Bertz CT molecular complexity index is 436. The van der Waals surface area contributed by atoms with Gasteiger partial charge in [-0.1, -0.05) is 25.4 Å². The van der Waals surface area contributed by atoms with Crippen LogP contribution in [-0.4, -0.2) is 63.4 Å². The fourth-order valence-electron chi connectivity index (χ4n) is 3.05. The lowest BCUT2D eigenvalue weighted by Gasteiger charge is -2.41. The molecule has 2 rings (SSSR count). The Hall–Kier alpha value is -0.980. The lowest BCUT2D eigenvalue weighted by molar-refractivity contribution is 0.0326. The first-order valence-electron chi connectivity index (χ1n) is 8.58. The van der Waals surface area contributed by atoms with E-state index in [1.165, 1.54) is 0 Å². The largest absolute Gasteiger partial charge is 0.392 e. The van der Waals surface area contributed by atoms with Crippen LogP contribution in [0.1, 0.15) is 51.7 Å². The van der Waals surface area contributed by atoms with Crippen LogP contribution in [-0.2, 0) is 13.0 Å². The summed E-state index contributed by atoms with van der Waals surface area (Å²) in [6, 6.07) is 0.495. The monoisotopic (exact) mass is 310 g/mol. The Balaban J connectivity index is 1.85. The predicted molar refractivity (Wildman–Crippen MR) is 85.5 cm³/mol. The fourth-order valence-corrected chi connectivity index (χ4v) is 3.05. The number of rotatable bonds is 8. The number of unbranched alkanes of at least 4 members (excludes halogenated alkanes) is 1. The first-order valence-corrected chi connectivity index (χ1v) is 8.58. The Morgan fingerprint density at radius 3 is 2.86 bits per heavy atom. The second-order valence-electron chi connectivity index (χ2n) is 6.35. The highest BCUT2D eigenvalue weighted by atomic mass is 16.5. The molecule has 0 radical (unpaired) electrons. The van der Waals surface area contributed by atoms with Crippen LogP contribution in [0.15, 0.2) is 4.52 Å². The third-order valence-electron chi connectivity index (χ3n) is 4.28. The lowest BCUT2D eigenvalue weighted by atomic mass is 10.1. The van der Waals surface area contributed by atoms with E-state index in [1.807, 2.05) is 6.92 Å². The van der Waals surface area contributed by atoms with Gasteiger partial charge >= 0.3 is 0 Å². The Morgan fingerprint density at radius 1 is 1.36 bits per heavy atom. The number of aromatic nitrogens is 2. The minimum absolute atomic E-state index is 0.265. The molecule has 2 heterocycles. The molecule has 1 aromatic heterocycles. The third-order valence-corrected chi connectivity index (χ3v) is 4.28. The molecule has 0 spiro atoms. The van der Waals surface area contributed by atoms with Gasteiger partial charge in [-0.05, 0) is 19.8 Å². The van der Waals surface area contributed by atoms with E-state index in [9.17, 15) is 5.11 Å². The van der Waals surface area contributed by atoms with Crippen molar-refractivity contribution in [3.05, 3.63) is 11.7 Å². The number of hydrogen-bond donors (Lipinski definition) is 1. The molecule has 1 aliphatic heterocycles. The smallest absolute Gasteiger partial charge is 0.226 e. The SMILES string of the molecule is CCCCc1nc(CN2CCN(C[C@H](C)O)[C@H](CC)C2)no1. The molecule has 6 heteroatoms. The summed E-state index contributed by atoms with van der Waals surface area (Å²) in [5.41, 5.74) is 0. The Morgan fingerprint density at radius 2 is 2.18 bits per heavy atom. The van der Waals surface area contributed by atoms with Crippen LogP contribution >= 0.6 is 0 Å². The van der Waals surface area contributed by atoms with E-state index in [4.69, 9.17) is 4.52 Å². The number of β-amino-alcohol motifs (C(OH)–C–C–N with tert-alkyl or cyclic N) is 1. The predicted octanol–water partition coefficient (Wildman–Crippen LogP) is 1.69. The van der Waals surface area contributed by atoms with Crippen molar-refractivity contribution in [3.63, 3.8) is 0 Å². The van der Waals surface area contributed by atoms with Gasteiger partial charge in [0.1, 0.15) is 0 Å². The zero-order chi connectivity index (χ0) is 15.9. The van der Waals surface area contributed by atoms with Crippen molar-refractivity contribution < 1.29 is 9.63 Å². The maximum atomic E-state index is 9.60. The summed E-state index contributed by atoms with van der Waals surface area (Å²) >= 11 is 0. The van der Waals surface area contributed by atoms with Crippen LogP contribution in [0, 0.1) is 0 Å². The van der Waals surface area contributed by atoms with Crippen molar-refractivity contribution in [1.82, 2.24) is 19.9 Å². The van der Waals surface area contributed by atoms with Crippen molar-refractivity contribution >= 4 is 0 Å². The van der Waals surface area contributed by atoms with E-state index in [0.29, 0.717) is 6.04 Å². The molecule has 0 saturated carbocycles. The summed E-state index contributed by atoms with van der Waals surface area (Å²) in [4.78, 5) is 9.27. The molecule has 1 saturated heterocycles. The quantitative estimate of drug-likeness (QED) is 0.788. The molecule has 2 atom stereocenters. The van der Waals surface area contributed by atoms with Gasteiger partial charge in [0.15, 0.2) is 5.82 Å².